The SMILES string of the molecule is COc1cc2c(cc1-c1cccc(NC(=O)NCCOCCOCCOCCOCCN)c1)-c1c(c(C(=O)N(C)C(C)(C)C)nn1-c1cc(Cl)cc(Cl)c1)CO2. The van der Waals surface area contributed by atoms with Crippen molar-refractivity contribution >= 4 is 40.8 Å². The van der Waals surface area contributed by atoms with Crippen LogP contribution in [-0.4, -0.2) is 112 Å². The Kier molecular flexibility index (Phi) is 15.4. The zero-order chi connectivity index (χ0) is 40.2. The number of anilines is 1. The summed E-state index contributed by atoms with van der Waals surface area (Å²) < 4.78 is 35.5. The monoisotopic (exact) mass is 812 g/mol. The second-order valence-corrected chi connectivity index (χ2v) is 14.7. The van der Waals surface area contributed by atoms with Crippen molar-refractivity contribution in [2.75, 3.05) is 85.4 Å². The first-order chi connectivity index (χ1) is 26.9. The maximum absolute atomic E-state index is 13.9. The summed E-state index contributed by atoms with van der Waals surface area (Å²) in [5, 5.41) is 11.4. The Morgan fingerprint density at radius 2 is 1.54 bits per heavy atom. The fraction of sp³-hybridized carbons (Fsp3) is 0.425. The number of hydrogen-bond acceptors (Lipinski definition) is 10. The molecule has 16 heteroatoms. The van der Waals surface area contributed by atoms with E-state index in [1.165, 1.54) is 0 Å². The first-order valence-electron chi connectivity index (χ1n) is 18.3. The van der Waals surface area contributed by atoms with E-state index >= 15 is 0 Å². The number of urea groups is 1. The minimum absolute atomic E-state index is 0.105. The Balaban J connectivity index is 1.28. The molecule has 1 aliphatic rings. The highest BCUT2D eigenvalue weighted by Gasteiger charge is 2.35. The maximum atomic E-state index is 13.9. The lowest BCUT2D eigenvalue weighted by molar-refractivity contribution is -0.000456. The van der Waals surface area contributed by atoms with Crippen LogP contribution in [0, 0.1) is 0 Å². The fourth-order valence-corrected chi connectivity index (χ4v) is 6.29. The van der Waals surface area contributed by atoms with Crippen LogP contribution in [0.1, 0.15) is 36.8 Å². The van der Waals surface area contributed by atoms with Crippen molar-refractivity contribution in [1.82, 2.24) is 20.0 Å². The Hall–Kier alpha value is -4.41. The molecule has 0 atom stereocenters. The smallest absolute Gasteiger partial charge is 0.319 e. The van der Waals surface area contributed by atoms with Gasteiger partial charge in [-0.2, -0.15) is 5.10 Å². The molecule has 0 aliphatic carbocycles. The van der Waals surface area contributed by atoms with Gasteiger partial charge in [-0.25, -0.2) is 9.48 Å². The zero-order valence-corrected chi connectivity index (χ0v) is 33.9. The molecule has 4 N–H and O–H groups in total. The van der Waals surface area contributed by atoms with E-state index in [0.29, 0.717) is 116 Å². The van der Waals surface area contributed by atoms with Crippen LogP contribution >= 0.6 is 23.2 Å². The van der Waals surface area contributed by atoms with Crippen LogP contribution in [0.15, 0.2) is 54.6 Å². The van der Waals surface area contributed by atoms with Crippen molar-refractivity contribution in [1.29, 1.82) is 0 Å². The molecule has 2 heterocycles. The average Bonchev–Trinajstić information content (AvgIpc) is 3.56. The minimum atomic E-state index is -0.460. The third-order valence-corrected chi connectivity index (χ3v) is 9.30. The average molecular weight is 814 g/mol. The third kappa shape index (κ3) is 11.1. The number of halogens is 2. The molecule has 1 aromatic heterocycles. The van der Waals surface area contributed by atoms with Gasteiger partial charge >= 0.3 is 6.03 Å². The quantitative estimate of drug-likeness (QED) is 0.0901. The number of carbonyl (C=O) groups excluding carboxylic acids is 2. The summed E-state index contributed by atoms with van der Waals surface area (Å²) >= 11 is 12.9. The number of nitrogens with one attached hydrogen (secondary N) is 2. The standard InChI is InChI=1S/C40H50Cl2N6O8/c1-40(2,3)47(4)38(49)36-33-25-56-35-24-34(51-5)31(23-32(35)37(33)48(46-36)30-21-27(41)20-28(42)22-30)26-7-6-8-29(19-26)45-39(50)44-10-12-53-14-16-55-18-17-54-15-13-52-11-9-43/h6-8,19-24H,9-18,25,43H2,1-5H3,(H2,44,45,50). The maximum Gasteiger partial charge on any atom is 0.319 e. The van der Waals surface area contributed by atoms with Gasteiger partial charge in [0.25, 0.3) is 5.91 Å². The van der Waals surface area contributed by atoms with Crippen LogP contribution in [0.4, 0.5) is 10.5 Å². The molecule has 0 fully saturated rings. The van der Waals surface area contributed by atoms with Crippen molar-refractivity contribution in [3.63, 3.8) is 0 Å². The molecular weight excluding hydrogens is 763 g/mol. The van der Waals surface area contributed by atoms with Gasteiger partial charge in [-0.15, -0.1) is 0 Å². The van der Waals surface area contributed by atoms with Gasteiger partial charge in [0.1, 0.15) is 18.1 Å². The van der Waals surface area contributed by atoms with Crippen molar-refractivity contribution in [2.45, 2.75) is 32.9 Å². The second-order valence-electron chi connectivity index (χ2n) is 13.8. The molecular formula is C40H50Cl2N6O8. The number of amides is 3. The number of hydrogen-bond donors (Lipinski definition) is 3. The largest absolute Gasteiger partial charge is 0.496 e. The van der Waals surface area contributed by atoms with Gasteiger partial charge in [-0.05, 0) is 62.7 Å². The van der Waals surface area contributed by atoms with Gasteiger partial charge < -0.3 is 49.7 Å². The van der Waals surface area contributed by atoms with E-state index < -0.39 is 5.54 Å². The minimum Gasteiger partial charge on any atom is -0.496 e. The lowest BCUT2D eigenvalue weighted by Crippen LogP contribution is -2.43. The van der Waals surface area contributed by atoms with Crippen LogP contribution in [0.5, 0.6) is 11.5 Å². The predicted octanol–water partition coefficient (Wildman–Crippen LogP) is 6.43. The van der Waals surface area contributed by atoms with Gasteiger partial charge in [0.15, 0.2) is 5.69 Å². The van der Waals surface area contributed by atoms with Crippen molar-refractivity contribution in [3.8, 4) is 39.6 Å². The van der Waals surface area contributed by atoms with Gasteiger partial charge in [-0.1, -0.05) is 35.3 Å². The topological polar surface area (TPSA) is 161 Å². The Morgan fingerprint density at radius 1 is 0.893 bits per heavy atom. The molecule has 5 rings (SSSR count). The molecule has 14 nitrogen and oxygen atoms in total. The van der Waals surface area contributed by atoms with Crippen molar-refractivity contribution in [3.05, 3.63) is 75.9 Å². The van der Waals surface area contributed by atoms with E-state index in [9.17, 15) is 9.59 Å². The lowest BCUT2D eigenvalue weighted by Gasteiger charge is -2.31. The number of ether oxygens (including phenoxy) is 6. The summed E-state index contributed by atoms with van der Waals surface area (Å²) in [6, 6.07) is 15.9. The summed E-state index contributed by atoms with van der Waals surface area (Å²) in [7, 11) is 3.33. The first-order valence-corrected chi connectivity index (χ1v) is 19.0. The molecule has 4 aromatic rings. The highest BCUT2D eigenvalue weighted by Crippen LogP contribution is 2.46. The summed E-state index contributed by atoms with van der Waals surface area (Å²) in [6.45, 7) is 10.3. The summed E-state index contributed by atoms with van der Waals surface area (Å²) in [5.74, 6) is 0.848. The van der Waals surface area contributed by atoms with E-state index in [1.807, 2.05) is 51.1 Å². The molecule has 56 heavy (non-hydrogen) atoms. The highest BCUT2D eigenvalue weighted by molar-refractivity contribution is 6.34. The highest BCUT2D eigenvalue weighted by atomic mass is 35.5. The summed E-state index contributed by atoms with van der Waals surface area (Å²) in [4.78, 5) is 28.4. The van der Waals surface area contributed by atoms with Crippen LogP contribution in [-0.2, 0) is 25.6 Å². The Bertz CT molecular complexity index is 1950. The van der Waals surface area contributed by atoms with E-state index in [1.54, 1.807) is 48.0 Å². The number of fused-ring (bicyclic) bond motifs is 3. The van der Waals surface area contributed by atoms with E-state index in [0.717, 1.165) is 11.1 Å². The van der Waals surface area contributed by atoms with Crippen LogP contribution < -0.4 is 25.8 Å². The van der Waals surface area contributed by atoms with Crippen LogP contribution in [0.3, 0.4) is 0 Å². The Labute approximate surface area is 337 Å². The third-order valence-electron chi connectivity index (χ3n) is 8.86. The van der Waals surface area contributed by atoms with E-state index in [4.69, 9.17) is 62.5 Å². The first kappa shape index (κ1) is 42.7. The second kappa shape index (κ2) is 20.1. The molecule has 0 radical (unpaired) electrons. The molecule has 0 spiro atoms. The molecule has 302 valence electrons. The van der Waals surface area contributed by atoms with Crippen LogP contribution in [0.2, 0.25) is 10.0 Å². The number of nitrogens with zero attached hydrogens (tertiary/aromatic N) is 3. The van der Waals surface area contributed by atoms with Crippen LogP contribution in [0.25, 0.3) is 28.1 Å². The van der Waals surface area contributed by atoms with Crippen molar-refractivity contribution < 1.29 is 38.0 Å². The lowest BCUT2D eigenvalue weighted by atomic mass is 9.95. The summed E-state index contributed by atoms with van der Waals surface area (Å²) in [6.07, 6.45) is 0. The predicted molar refractivity (Wildman–Crippen MR) is 217 cm³/mol. The summed E-state index contributed by atoms with van der Waals surface area (Å²) in [5.41, 5.74) is 9.78. The molecule has 0 unspecified atom stereocenters. The number of nitrogens with two attached hydrogens (primary N) is 1. The van der Waals surface area contributed by atoms with Gasteiger partial charge in [0.2, 0.25) is 0 Å². The van der Waals surface area contributed by atoms with Gasteiger partial charge in [0, 0.05) is 64.2 Å². The van der Waals surface area contributed by atoms with Gasteiger partial charge in [0.05, 0.1) is 71.3 Å². The van der Waals surface area contributed by atoms with E-state index in [-0.39, 0.29) is 24.2 Å². The van der Waals surface area contributed by atoms with Crippen molar-refractivity contribution in [2.24, 2.45) is 5.73 Å². The normalized spacial score (nSPS) is 12.1. The number of carbonyl (C=O) groups is 2. The molecule has 3 amide bonds. The zero-order valence-electron chi connectivity index (χ0n) is 32.4. The molecule has 0 bridgehead atoms. The van der Waals surface area contributed by atoms with Gasteiger partial charge in [-0.3, -0.25) is 4.79 Å². The molecule has 1 aliphatic heterocycles. The number of aromatic nitrogens is 2. The Morgan fingerprint density at radius 3 is 2.16 bits per heavy atom. The molecule has 3 aromatic carbocycles. The van der Waals surface area contributed by atoms with E-state index in [2.05, 4.69) is 10.6 Å². The molecule has 0 saturated carbocycles. The number of rotatable bonds is 19. The molecule has 0 saturated heterocycles. The number of benzene rings is 3. The fourth-order valence-electron chi connectivity index (χ4n) is 5.78. The number of methoxy groups -OCH3 is 1.